The van der Waals surface area contributed by atoms with Crippen molar-refractivity contribution in [1.82, 2.24) is 9.88 Å². The maximum Gasteiger partial charge on any atom is 0.184 e. The van der Waals surface area contributed by atoms with E-state index < -0.39 is 11.4 Å². The lowest BCUT2D eigenvalue weighted by Gasteiger charge is -2.39. The van der Waals surface area contributed by atoms with Crippen LogP contribution in [-0.4, -0.2) is 34.3 Å². The molecule has 0 amide bonds. The highest BCUT2D eigenvalue weighted by atomic mass is 19.1. The van der Waals surface area contributed by atoms with Crippen molar-refractivity contribution in [3.05, 3.63) is 29.8 Å². The minimum absolute atomic E-state index is 0.0589. The third-order valence-corrected chi connectivity index (χ3v) is 3.67. The predicted molar refractivity (Wildman–Crippen MR) is 68.0 cm³/mol. The highest BCUT2D eigenvalue weighted by Crippen LogP contribution is 2.24. The van der Waals surface area contributed by atoms with Crippen molar-refractivity contribution in [2.24, 2.45) is 0 Å². The Morgan fingerprint density at radius 2 is 1.94 bits per heavy atom. The van der Waals surface area contributed by atoms with E-state index in [1.807, 2.05) is 13.8 Å². The molecule has 0 aromatic carbocycles. The Kier molecular flexibility index (Phi) is 3.76. The average molecular weight is 250 g/mol. The number of nitrogens with zero attached hydrogens (tertiary/aromatic N) is 2. The molecule has 0 atom stereocenters. The summed E-state index contributed by atoms with van der Waals surface area (Å²) in [5.41, 5.74) is -0.235. The first-order valence-corrected chi connectivity index (χ1v) is 6.42. The smallest absolute Gasteiger partial charge is 0.184 e. The number of aromatic nitrogens is 1. The fraction of sp³-hybridized carbons (Fsp3) is 0.571. The number of hydrogen-bond acceptors (Lipinski definition) is 3. The van der Waals surface area contributed by atoms with E-state index in [0.717, 1.165) is 32.1 Å². The van der Waals surface area contributed by atoms with Crippen molar-refractivity contribution in [1.29, 1.82) is 0 Å². The lowest BCUT2D eigenvalue weighted by atomic mass is 9.90. The Balaban J connectivity index is 2.20. The van der Waals surface area contributed by atoms with Crippen LogP contribution >= 0.6 is 0 Å². The summed E-state index contributed by atoms with van der Waals surface area (Å²) >= 11 is 0. The molecule has 0 N–H and O–H groups in total. The molecule has 1 saturated heterocycles. The lowest BCUT2D eigenvalue weighted by Crippen LogP contribution is -2.52. The molecular weight excluding hydrogens is 231 g/mol. The summed E-state index contributed by atoms with van der Waals surface area (Å²) in [5, 5.41) is 0. The number of piperidine rings is 1. The van der Waals surface area contributed by atoms with Gasteiger partial charge in [0.1, 0.15) is 5.82 Å². The van der Waals surface area contributed by atoms with Gasteiger partial charge in [-0.15, -0.1) is 0 Å². The van der Waals surface area contributed by atoms with Gasteiger partial charge in [0.15, 0.2) is 5.78 Å². The third-order valence-electron chi connectivity index (χ3n) is 3.67. The molecular formula is C14H19FN2O. The van der Waals surface area contributed by atoms with Crippen LogP contribution in [0.15, 0.2) is 18.5 Å². The summed E-state index contributed by atoms with van der Waals surface area (Å²) in [6.07, 6.45) is 6.03. The fourth-order valence-corrected chi connectivity index (χ4v) is 2.49. The Hall–Kier alpha value is -1.29. The summed E-state index contributed by atoms with van der Waals surface area (Å²) in [7, 11) is 0. The summed E-state index contributed by atoms with van der Waals surface area (Å²) in [5.74, 6) is -0.522. The van der Waals surface area contributed by atoms with Gasteiger partial charge in [-0.1, -0.05) is 6.42 Å². The molecule has 0 spiro atoms. The topological polar surface area (TPSA) is 33.2 Å². The molecule has 4 heteroatoms. The first-order valence-electron chi connectivity index (χ1n) is 6.42. The highest BCUT2D eigenvalue weighted by molar-refractivity contribution is 6.02. The number of pyridine rings is 1. The van der Waals surface area contributed by atoms with Crippen molar-refractivity contribution in [3.63, 3.8) is 0 Å². The number of carbonyl (C=O) groups excluding carboxylic acids is 1. The number of hydrogen-bond donors (Lipinski definition) is 0. The van der Waals surface area contributed by atoms with Crippen LogP contribution in [0, 0.1) is 5.82 Å². The van der Waals surface area contributed by atoms with Gasteiger partial charge < -0.3 is 0 Å². The highest BCUT2D eigenvalue weighted by Gasteiger charge is 2.35. The van der Waals surface area contributed by atoms with Gasteiger partial charge in [-0.3, -0.25) is 14.7 Å². The molecule has 0 radical (unpaired) electrons. The zero-order chi connectivity index (χ0) is 13.2. The molecule has 1 aliphatic rings. The van der Waals surface area contributed by atoms with E-state index >= 15 is 0 Å². The molecule has 1 aromatic heterocycles. The first kappa shape index (κ1) is 13.1. The van der Waals surface area contributed by atoms with Crippen LogP contribution in [0.3, 0.4) is 0 Å². The minimum Gasteiger partial charge on any atom is -0.292 e. The van der Waals surface area contributed by atoms with Gasteiger partial charge in [0, 0.05) is 11.8 Å². The maximum atomic E-state index is 13.1. The van der Waals surface area contributed by atoms with Crippen LogP contribution in [0.1, 0.15) is 43.5 Å². The van der Waals surface area contributed by atoms with E-state index in [-0.39, 0.29) is 5.78 Å². The van der Waals surface area contributed by atoms with Crippen LogP contribution in [-0.2, 0) is 0 Å². The van der Waals surface area contributed by atoms with E-state index in [1.165, 1.54) is 18.7 Å². The molecule has 18 heavy (non-hydrogen) atoms. The SMILES string of the molecule is CC(C)(C(=O)c1cncc(F)c1)N1CCCCC1. The maximum absolute atomic E-state index is 13.1. The minimum atomic E-state index is -0.587. The molecule has 0 bridgehead atoms. The van der Waals surface area contributed by atoms with Crippen molar-refractivity contribution >= 4 is 5.78 Å². The average Bonchev–Trinajstić information content (AvgIpc) is 2.39. The Morgan fingerprint density at radius 1 is 1.28 bits per heavy atom. The van der Waals surface area contributed by atoms with Gasteiger partial charge in [-0.25, -0.2) is 4.39 Å². The second kappa shape index (κ2) is 5.14. The summed E-state index contributed by atoms with van der Waals surface area (Å²) in [4.78, 5) is 18.4. The second-order valence-electron chi connectivity index (χ2n) is 5.33. The molecule has 3 nitrogen and oxygen atoms in total. The predicted octanol–water partition coefficient (Wildman–Crippen LogP) is 2.67. The van der Waals surface area contributed by atoms with Crippen LogP contribution in [0.2, 0.25) is 0 Å². The third kappa shape index (κ3) is 2.58. The number of halogens is 1. The van der Waals surface area contributed by atoms with Gasteiger partial charge >= 0.3 is 0 Å². The number of carbonyl (C=O) groups is 1. The molecule has 98 valence electrons. The first-order chi connectivity index (χ1) is 8.51. The molecule has 2 rings (SSSR count). The van der Waals surface area contributed by atoms with E-state index in [0.29, 0.717) is 5.56 Å². The summed E-state index contributed by atoms with van der Waals surface area (Å²) < 4.78 is 13.1. The molecule has 1 aromatic rings. The Bertz CT molecular complexity index is 439. The molecule has 1 fully saturated rings. The quantitative estimate of drug-likeness (QED) is 0.773. The van der Waals surface area contributed by atoms with Crippen LogP contribution in [0.4, 0.5) is 4.39 Å². The Morgan fingerprint density at radius 3 is 2.56 bits per heavy atom. The molecule has 0 unspecified atom stereocenters. The molecule has 0 saturated carbocycles. The standard InChI is InChI=1S/C14H19FN2O/c1-14(2,17-6-4-3-5-7-17)13(18)11-8-12(15)10-16-9-11/h8-10H,3-7H2,1-2H3. The van der Waals surface area contributed by atoms with Crippen LogP contribution < -0.4 is 0 Å². The van der Waals surface area contributed by atoms with Gasteiger partial charge in [-0.05, 0) is 45.8 Å². The summed E-state index contributed by atoms with van der Waals surface area (Å²) in [6, 6.07) is 1.26. The largest absolute Gasteiger partial charge is 0.292 e. The van der Waals surface area contributed by atoms with E-state index in [9.17, 15) is 9.18 Å². The van der Waals surface area contributed by atoms with Crippen LogP contribution in [0.5, 0.6) is 0 Å². The zero-order valence-corrected chi connectivity index (χ0v) is 10.9. The fourth-order valence-electron chi connectivity index (χ4n) is 2.49. The van der Waals surface area contributed by atoms with Gasteiger partial charge in [0.2, 0.25) is 0 Å². The van der Waals surface area contributed by atoms with Crippen molar-refractivity contribution in [2.75, 3.05) is 13.1 Å². The number of likely N-dealkylation sites (tertiary alicyclic amines) is 1. The molecule has 1 aliphatic heterocycles. The second-order valence-corrected chi connectivity index (χ2v) is 5.33. The normalized spacial score (nSPS) is 17.7. The van der Waals surface area contributed by atoms with E-state index in [2.05, 4.69) is 9.88 Å². The number of ketones is 1. The number of Topliss-reactive ketones (excluding diaryl/α,β-unsaturated/α-hetero) is 1. The van der Waals surface area contributed by atoms with Crippen LogP contribution in [0.25, 0.3) is 0 Å². The van der Waals surface area contributed by atoms with E-state index in [4.69, 9.17) is 0 Å². The Labute approximate surface area is 107 Å². The lowest BCUT2D eigenvalue weighted by molar-refractivity contribution is 0.0578. The van der Waals surface area contributed by atoms with Gasteiger partial charge in [0.25, 0.3) is 0 Å². The van der Waals surface area contributed by atoms with E-state index in [1.54, 1.807) is 0 Å². The number of rotatable bonds is 3. The van der Waals surface area contributed by atoms with Crippen molar-refractivity contribution in [3.8, 4) is 0 Å². The monoisotopic (exact) mass is 250 g/mol. The van der Waals surface area contributed by atoms with Gasteiger partial charge in [0.05, 0.1) is 11.7 Å². The summed E-state index contributed by atoms with van der Waals surface area (Å²) in [6.45, 7) is 5.68. The molecule has 0 aliphatic carbocycles. The van der Waals surface area contributed by atoms with Crippen molar-refractivity contribution in [2.45, 2.75) is 38.6 Å². The zero-order valence-electron chi connectivity index (χ0n) is 10.9. The van der Waals surface area contributed by atoms with Gasteiger partial charge in [-0.2, -0.15) is 0 Å². The van der Waals surface area contributed by atoms with Crippen molar-refractivity contribution < 1.29 is 9.18 Å². The molecule has 2 heterocycles.